The first-order valence-electron chi connectivity index (χ1n) is 16.3. The monoisotopic (exact) mass is 734 g/mol. The summed E-state index contributed by atoms with van der Waals surface area (Å²) < 4.78 is 42.9. The van der Waals surface area contributed by atoms with Crippen molar-refractivity contribution in [2.45, 2.75) is 59.0 Å². The highest BCUT2D eigenvalue weighted by Crippen LogP contribution is 2.20. The second-order valence-electron chi connectivity index (χ2n) is 11.5. The number of alkyl carbamates (subject to hydrolysis) is 2. The minimum absolute atomic E-state index is 0.0626. The summed E-state index contributed by atoms with van der Waals surface area (Å²) in [5.74, 6) is -1.14. The Kier molecular flexibility index (Phi) is 21.3. The molecule has 0 aliphatic carbocycles. The highest BCUT2D eigenvalue weighted by molar-refractivity contribution is 5.87. The van der Waals surface area contributed by atoms with Crippen molar-refractivity contribution < 1.29 is 67.0 Å². The molecule has 0 saturated carbocycles. The normalized spacial score (nSPS) is 12.1. The van der Waals surface area contributed by atoms with E-state index in [1.54, 1.807) is 25.1 Å². The molecule has 1 aromatic rings. The van der Waals surface area contributed by atoms with Crippen molar-refractivity contribution in [1.82, 2.24) is 10.6 Å². The van der Waals surface area contributed by atoms with Gasteiger partial charge in [-0.05, 0) is 58.2 Å². The summed E-state index contributed by atoms with van der Waals surface area (Å²) in [4.78, 5) is 59.8. The molecule has 0 fully saturated rings. The van der Waals surface area contributed by atoms with Gasteiger partial charge in [-0.3, -0.25) is 0 Å². The maximum Gasteiger partial charge on any atom is 0.407 e. The van der Waals surface area contributed by atoms with E-state index < -0.39 is 48.6 Å². The zero-order chi connectivity index (χ0) is 39.1. The molecule has 0 aliphatic rings. The van der Waals surface area contributed by atoms with Crippen LogP contribution in [0, 0.1) is 0 Å². The molecule has 1 rings (SSSR count). The Balaban J connectivity index is 2.78. The van der Waals surface area contributed by atoms with Crippen molar-refractivity contribution >= 4 is 30.1 Å². The summed E-state index contributed by atoms with van der Waals surface area (Å²) in [6, 6.07) is 6.37. The van der Waals surface area contributed by atoms with Gasteiger partial charge in [-0.2, -0.15) is 0 Å². The van der Waals surface area contributed by atoms with E-state index in [1.807, 2.05) is 0 Å². The Morgan fingerprint density at radius 3 is 1.50 bits per heavy atom. The van der Waals surface area contributed by atoms with Crippen molar-refractivity contribution in [1.29, 1.82) is 0 Å². The zero-order valence-electron chi connectivity index (χ0n) is 30.2. The lowest BCUT2D eigenvalue weighted by Gasteiger charge is -2.21. The Hall–Kier alpha value is -5.35. The molecule has 52 heavy (non-hydrogen) atoms. The fourth-order valence-electron chi connectivity index (χ4n) is 3.38. The highest BCUT2D eigenvalue weighted by atomic mass is 16.6. The lowest BCUT2D eigenvalue weighted by atomic mass is 10.3. The molecule has 1 aromatic carbocycles. The molecule has 0 radical (unpaired) electrons. The number of esters is 3. The van der Waals surface area contributed by atoms with Gasteiger partial charge in [0.15, 0.2) is 18.5 Å². The number of hydrogen-bond acceptors (Lipinski definition) is 14. The van der Waals surface area contributed by atoms with E-state index in [1.165, 1.54) is 26.8 Å². The molecule has 3 unspecified atom stereocenters. The smallest absolute Gasteiger partial charge is 0.407 e. The van der Waals surface area contributed by atoms with Crippen molar-refractivity contribution in [3.8, 4) is 11.5 Å². The van der Waals surface area contributed by atoms with Crippen LogP contribution in [0.15, 0.2) is 72.9 Å². The van der Waals surface area contributed by atoms with Crippen LogP contribution in [0.5, 0.6) is 11.5 Å². The summed E-state index contributed by atoms with van der Waals surface area (Å²) >= 11 is 0. The largest absolute Gasteiger partial charge is 0.489 e. The number of hydrogen-bond donors (Lipinski definition) is 3. The van der Waals surface area contributed by atoms with Gasteiger partial charge in [0.1, 0.15) is 31.3 Å². The Bertz CT molecular complexity index is 1410. The topological polar surface area (TPSA) is 203 Å². The summed E-state index contributed by atoms with van der Waals surface area (Å²) in [5.41, 5.74) is 1.01. The van der Waals surface area contributed by atoms with Gasteiger partial charge in [0.25, 0.3) is 0 Å². The first-order valence-corrected chi connectivity index (χ1v) is 16.3. The van der Waals surface area contributed by atoms with Crippen LogP contribution in [0.1, 0.15) is 40.5 Å². The third-order valence-corrected chi connectivity index (χ3v) is 6.18. The third-order valence-electron chi connectivity index (χ3n) is 6.18. The lowest BCUT2D eigenvalue weighted by molar-refractivity contribution is -0.142. The van der Waals surface area contributed by atoms with Gasteiger partial charge in [0, 0.05) is 35.9 Å². The number of nitrogens with one attached hydrogen (secondary N) is 2. The Labute approximate surface area is 303 Å². The number of carbonyl (C=O) groups is 5. The summed E-state index contributed by atoms with van der Waals surface area (Å²) in [6.45, 7) is 19.7. The molecule has 0 heterocycles. The number of benzene rings is 1. The fraction of sp³-hybridized carbons (Fsp3) is 0.472. The predicted molar refractivity (Wildman–Crippen MR) is 187 cm³/mol. The van der Waals surface area contributed by atoms with E-state index in [9.17, 15) is 29.1 Å². The average molecular weight is 735 g/mol. The first kappa shape index (κ1) is 44.7. The first-order chi connectivity index (χ1) is 24.6. The van der Waals surface area contributed by atoms with E-state index in [2.05, 4.69) is 36.9 Å². The maximum atomic E-state index is 12.4. The maximum absolute atomic E-state index is 12.4. The van der Waals surface area contributed by atoms with Gasteiger partial charge >= 0.3 is 30.1 Å². The zero-order valence-corrected chi connectivity index (χ0v) is 30.2. The van der Waals surface area contributed by atoms with Crippen molar-refractivity contribution in [3.05, 3.63) is 72.9 Å². The molecule has 16 nitrogen and oxygen atoms in total. The number of aliphatic hydroxyl groups excluding tert-OH is 1. The number of carbonyl (C=O) groups excluding carboxylic acids is 5. The van der Waals surface area contributed by atoms with Crippen LogP contribution in [-0.4, -0.2) is 106 Å². The molecule has 3 N–H and O–H groups in total. The van der Waals surface area contributed by atoms with E-state index in [4.69, 9.17) is 37.9 Å². The minimum atomic E-state index is -1.30. The molecule has 0 spiro atoms. The number of amides is 2. The van der Waals surface area contributed by atoms with Crippen molar-refractivity contribution in [2.24, 2.45) is 0 Å². The molecular weight excluding hydrogens is 684 g/mol. The SMILES string of the molecule is C=C(C)C(=O)OCCCNC(=O)OC(COC(=O)C(=C)C)COc1cccc(OCC(COC(O)C(=C)C)OC(=O)NCCCOC(=O)C(=C)C)c1. The third kappa shape index (κ3) is 20.4. The second-order valence-corrected chi connectivity index (χ2v) is 11.5. The molecule has 0 bridgehead atoms. The summed E-state index contributed by atoms with van der Waals surface area (Å²) in [6.07, 6.45) is -4.26. The van der Waals surface area contributed by atoms with Crippen molar-refractivity contribution in [2.75, 3.05) is 52.7 Å². The van der Waals surface area contributed by atoms with Crippen LogP contribution in [-0.2, 0) is 42.8 Å². The minimum Gasteiger partial charge on any atom is -0.489 e. The van der Waals surface area contributed by atoms with Crippen LogP contribution in [0.4, 0.5) is 9.59 Å². The molecule has 0 aliphatic heterocycles. The van der Waals surface area contributed by atoms with E-state index in [0.717, 1.165) is 0 Å². The molecule has 0 saturated heterocycles. The van der Waals surface area contributed by atoms with Gasteiger partial charge in [0.2, 0.25) is 0 Å². The van der Waals surface area contributed by atoms with Gasteiger partial charge in [-0.1, -0.05) is 32.4 Å². The van der Waals surface area contributed by atoms with E-state index in [-0.39, 0.29) is 69.5 Å². The molecular formula is C36H50N2O14. The van der Waals surface area contributed by atoms with Crippen LogP contribution in [0.3, 0.4) is 0 Å². The van der Waals surface area contributed by atoms with Crippen LogP contribution in [0.25, 0.3) is 0 Å². The van der Waals surface area contributed by atoms with Crippen LogP contribution in [0.2, 0.25) is 0 Å². The van der Waals surface area contributed by atoms with E-state index in [0.29, 0.717) is 29.9 Å². The Morgan fingerprint density at radius 1 is 0.654 bits per heavy atom. The second kappa shape index (κ2) is 24.7. The van der Waals surface area contributed by atoms with Crippen LogP contribution >= 0.6 is 0 Å². The molecule has 288 valence electrons. The van der Waals surface area contributed by atoms with Gasteiger partial charge in [-0.25, -0.2) is 24.0 Å². The quantitative estimate of drug-likeness (QED) is 0.0328. The predicted octanol–water partition coefficient (Wildman–Crippen LogP) is 3.68. The number of ether oxygens (including phenoxy) is 8. The highest BCUT2D eigenvalue weighted by Gasteiger charge is 2.21. The standard InChI is InChI=1S/C36H50N2O14/c1-23(2)31(39)45-16-10-14-37-35(43)51-29(21-49-33(41)25(5)6)19-47-27-12-9-13-28(18-27)48-20-30(22-50-34(42)26(7)8)52-36(44)38-15-11-17-46-32(40)24(3)4/h9,12-13,18,29-30,33,41H,1,3,5,7,10-11,14-17,19-22H2,2,4,6,8H3,(H,37,43)(H,38,44). The molecule has 0 aromatic heterocycles. The molecule has 2 amide bonds. The summed E-state index contributed by atoms with van der Waals surface area (Å²) in [7, 11) is 0. The van der Waals surface area contributed by atoms with Crippen LogP contribution < -0.4 is 20.1 Å². The van der Waals surface area contributed by atoms with Gasteiger partial charge in [0.05, 0.1) is 19.8 Å². The Morgan fingerprint density at radius 2 is 1.08 bits per heavy atom. The molecule has 3 atom stereocenters. The van der Waals surface area contributed by atoms with Crippen molar-refractivity contribution in [3.63, 3.8) is 0 Å². The molecule has 16 heteroatoms. The van der Waals surface area contributed by atoms with Gasteiger partial charge in [-0.15, -0.1) is 0 Å². The number of rotatable bonds is 25. The lowest BCUT2D eigenvalue weighted by Crippen LogP contribution is -2.36. The number of aliphatic hydroxyl groups is 1. The average Bonchev–Trinajstić information content (AvgIpc) is 3.09. The van der Waals surface area contributed by atoms with Gasteiger partial charge < -0.3 is 53.6 Å². The van der Waals surface area contributed by atoms with E-state index >= 15 is 0 Å². The fourth-order valence-corrected chi connectivity index (χ4v) is 3.38. The summed E-state index contributed by atoms with van der Waals surface area (Å²) in [5, 5.41) is 15.1.